The Morgan fingerprint density at radius 2 is 2.06 bits per heavy atom. The first-order valence-corrected chi connectivity index (χ1v) is 4.81. The molecule has 2 N–H and O–H groups in total. The molecule has 0 aliphatic heterocycles. The van der Waals surface area contributed by atoms with Crippen LogP contribution in [0.4, 0.5) is 10.1 Å². The van der Waals surface area contributed by atoms with E-state index in [1.807, 2.05) is 13.0 Å². The number of pyridine rings is 1. The van der Waals surface area contributed by atoms with E-state index in [1.165, 1.54) is 18.2 Å². The molecule has 1 aromatic carbocycles. The van der Waals surface area contributed by atoms with Crippen molar-refractivity contribution in [2.75, 3.05) is 5.73 Å². The van der Waals surface area contributed by atoms with Crippen LogP contribution in [-0.4, -0.2) is 4.98 Å². The normalized spacial score (nSPS) is 10.1. The zero-order chi connectivity index (χ0) is 11.5. The van der Waals surface area contributed by atoms with Crippen molar-refractivity contribution in [3.8, 4) is 11.6 Å². The Morgan fingerprint density at radius 1 is 1.25 bits per heavy atom. The van der Waals surface area contributed by atoms with Crippen molar-refractivity contribution in [2.24, 2.45) is 0 Å². The third-order valence-corrected chi connectivity index (χ3v) is 2.07. The second kappa shape index (κ2) is 4.18. The Balaban J connectivity index is 2.23. The van der Waals surface area contributed by atoms with Gasteiger partial charge >= 0.3 is 0 Å². The summed E-state index contributed by atoms with van der Waals surface area (Å²) in [5.74, 6) is 0.448. The molecule has 1 aromatic heterocycles. The fraction of sp³-hybridized carbons (Fsp3) is 0.0833. The minimum atomic E-state index is -0.387. The van der Waals surface area contributed by atoms with Crippen LogP contribution in [0.1, 0.15) is 5.56 Å². The van der Waals surface area contributed by atoms with Crippen LogP contribution in [0.25, 0.3) is 0 Å². The highest BCUT2D eigenvalue weighted by Gasteiger charge is 2.03. The average Bonchev–Trinajstić information content (AvgIpc) is 2.25. The van der Waals surface area contributed by atoms with Gasteiger partial charge in [-0.05, 0) is 24.6 Å². The number of nitrogen functional groups attached to an aromatic ring is 1. The molecule has 0 spiro atoms. The molecule has 2 aromatic rings. The molecule has 16 heavy (non-hydrogen) atoms. The number of benzene rings is 1. The molecule has 4 heteroatoms. The molecule has 1 heterocycles. The van der Waals surface area contributed by atoms with Gasteiger partial charge in [0, 0.05) is 18.3 Å². The molecule has 0 atom stereocenters. The number of rotatable bonds is 2. The Kier molecular flexibility index (Phi) is 2.72. The lowest BCUT2D eigenvalue weighted by molar-refractivity contribution is 0.463. The summed E-state index contributed by atoms with van der Waals surface area (Å²) in [6, 6.07) is 7.59. The van der Waals surface area contributed by atoms with Crippen LogP contribution in [-0.2, 0) is 0 Å². The van der Waals surface area contributed by atoms with Gasteiger partial charge in [-0.15, -0.1) is 0 Å². The van der Waals surface area contributed by atoms with E-state index < -0.39 is 0 Å². The van der Waals surface area contributed by atoms with Crippen molar-refractivity contribution < 1.29 is 9.13 Å². The van der Waals surface area contributed by atoms with E-state index in [0.29, 0.717) is 11.6 Å². The molecule has 2 rings (SSSR count). The Morgan fingerprint density at radius 3 is 2.69 bits per heavy atom. The topological polar surface area (TPSA) is 48.1 Å². The van der Waals surface area contributed by atoms with Gasteiger partial charge in [0.1, 0.15) is 5.82 Å². The fourth-order valence-corrected chi connectivity index (χ4v) is 1.24. The van der Waals surface area contributed by atoms with Gasteiger partial charge in [-0.25, -0.2) is 9.37 Å². The molecule has 0 saturated heterocycles. The van der Waals surface area contributed by atoms with Gasteiger partial charge in [-0.3, -0.25) is 0 Å². The fourth-order valence-electron chi connectivity index (χ4n) is 1.24. The zero-order valence-corrected chi connectivity index (χ0v) is 8.77. The summed E-state index contributed by atoms with van der Waals surface area (Å²) in [5, 5.41) is 0. The van der Waals surface area contributed by atoms with Crippen molar-refractivity contribution >= 4 is 5.69 Å². The molecule has 0 radical (unpaired) electrons. The SMILES string of the molecule is Cc1ccc(Oc2ccc(F)cc2N)nc1. The van der Waals surface area contributed by atoms with Gasteiger partial charge < -0.3 is 10.5 Å². The summed E-state index contributed by atoms with van der Waals surface area (Å²) in [7, 11) is 0. The van der Waals surface area contributed by atoms with Crippen LogP contribution < -0.4 is 10.5 Å². The molecule has 82 valence electrons. The largest absolute Gasteiger partial charge is 0.437 e. The van der Waals surface area contributed by atoms with Crippen molar-refractivity contribution in [3.63, 3.8) is 0 Å². The number of aromatic nitrogens is 1. The van der Waals surface area contributed by atoms with Gasteiger partial charge in [0.2, 0.25) is 5.88 Å². The van der Waals surface area contributed by atoms with E-state index in [4.69, 9.17) is 10.5 Å². The smallest absolute Gasteiger partial charge is 0.219 e. The van der Waals surface area contributed by atoms with Gasteiger partial charge in [0.25, 0.3) is 0 Å². The van der Waals surface area contributed by atoms with E-state index in [9.17, 15) is 4.39 Å². The first kappa shape index (κ1) is 10.4. The number of nitrogens with two attached hydrogens (primary N) is 1. The summed E-state index contributed by atoms with van der Waals surface area (Å²) in [4.78, 5) is 4.07. The molecular formula is C12H11FN2O. The number of nitrogens with zero attached hydrogens (tertiary/aromatic N) is 1. The number of anilines is 1. The minimum absolute atomic E-state index is 0.252. The molecule has 0 amide bonds. The average molecular weight is 218 g/mol. The van der Waals surface area contributed by atoms with Crippen molar-refractivity contribution in [2.45, 2.75) is 6.92 Å². The summed E-state index contributed by atoms with van der Waals surface area (Å²) in [6.45, 7) is 1.93. The van der Waals surface area contributed by atoms with Crippen LogP contribution in [0.2, 0.25) is 0 Å². The molecule has 0 fully saturated rings. The van der Waals surface area contributed by atoms with Crippen LogP contribution in [0.15, 0.2) is 36.5 Å². The predicted octanol–water partition coefficient (Wildman–Crippen LogP) is 2.90. The maximum absolute atomic E-state index is 12.8. The van der Waals surface area contributed by atoms with Crippen molar-refractivity contribution in [3.05, 3.63) is 47.9 Å². The maximum atomic E-state index is 12.8. The number of hydrogen-bond donors (Lipinski definition) is 1. The summed E-state index contributed by atoms with van der Waals surface area (Å²) in [5.41, 5.74) is 6.90. The third kappa shape index (κ3) is 2.28. The first-order valence-electron chi connectivity index (χ1n) is 4.81. The van der Waals surface area contributed by atoms with Crippen LogP contribution >= 0.6 is 0 Å². The van der Waals surface area contributed by atoms with Crippen LogP contribution in [0.5, 0.6) is 11.6 Å². The van der Waals surface area contributed by atoms with E-state index in [1.54, 1.807) is 12.3 Å². The Hall–Kier alpha value is -2.10. The van der Waals surface area contributed by atoms with Crippen molar-refractivity contribution in [1.29, 1.82) is 0 Å². The van der Waals surface area contributed by atoms with E-state index >= 15 is 0 Å². The summed E-state index contributed by atoms with van der Waals surface area (Å²) < 4.78 is 18.2. The van der Waals surface area contributed by atoms with Crippen LogP contribution in [0.3, 0.4) is 0 Å². The molecule has 0 aliphatic carbocycles. The standard InChI is InChI=1S/C12H11FN2O/c1-8-2-5-12(15-7-8)16-11-4-3-9(13)6-10(11)14/h2-7H,14H2,1H3. The molecule has 0 aliphatic rings. The second-order valence-electron chi connectivity index (χ2n) is 3.46. The number of ether oxygens (including phenoxy) is 1. The number of aryl methyl sites for hydroxylation is 1. The van der Waals surface area contributed by atoms with Crippen LogP contribution in [0, 0.1) is 12.7 Å². The lowest BCUT2D eigenvalue weighted by Gasteiger charge is -2.07. The van der Waals surface area contributed by atoms with E-state index in [-0.39, 0.29) is 11.5 Å². The van der Waals surface area contributed by atoms with Gasteiger partial charge in [-0.1, -0.05) is 6.07 Å². The van der Waals surface area contributed by atoms with Gasteiger partial charge in [0.05, 0.1) is 5.69 Å². The summed E-state index contributed by atoms with van der Waals surface area (Å²) >= 11 is 0. The number of hydrogen-bond acceptors (Lipinski definition) is 3. The molecule has 0 bridgehead atoms. The zero-order valence-electron chi connectivity index (χ0n) is 8.77. The third-order valence-electron chi connectivity index (χ3n) is 2.07. The van der Waals surface area contributed by atoms with Crippen molar-refractivity contribution in [1.82, 2.24) is 4.98 Å². The van der Waals surface area contributed by atoms with Gasteiger partial charge in [0.15, 0.2) is 5.75 Å². The first-order chi connectivity index (χ1) is 7.65. The molecule has 0 saturated carbocycles. The lowest BCUT2D eigenvalue weighted by atomic mass is 10.3. The molecule has 3 nitrogen and oxygen atoms in total. The second-order valence-corrected chi connectivity index (χ2v) is 3.46. The summed E-state index contributed by atoms with van der Waals surface area (Å²) in [6.07, 6.45) is 1.69. The monoisotopic (exact) mass is 218 g/mol. The highest BCUT2D eigenvalue weighted by Crippen LogP contribution is 2.26. The maximum Gasteiger partial charge on any atom is 0.219 e. The highest BCUT2D eigenvalue weighted by molar-refractivity contribution is 5.53. The predicted molar refractivity (Wildman–Crippen MR) is 59.9 cm³/mol. The van der Waals surface area contributed by atoms with E-state index in [0.717, 1.165) is 5.56 Å². The Bertz CT molecular complexity index is 497. The lowest BCUT2D eigenvalue weighted by Crippen LogP contribution is -1.94. The molecular weight excluding hydrogens is 207 g/mol. The van der Waals surface area contributed by atoms with Gasteiger partial charge in [-0.2, -0.15) is 0 Å². The van der Waals surface area contributed by atoms with E-state index in [2.05, 4.69) is 4.98 Å². The quantitative estimate of drug-likeness (QED) is 0.788. The minimum Gasteiger partial charge on any atom is -0.437 e. The number of halogens is 1. The molecule has 0 unspecified atom stereocenters. The Labute approximate surface area is 92.7 Å². The highest BCUT2D eigenvalue weighted by atomic mass is 19.1.